The molecule has 0 bridgehead atoms. The number of rotatable bonds is 5. The van der Waals surface area contributed by atoms with Gasteiger partial charge in [0.15, 0.2) is 5.65 Å². The SMILES string of the molecule is COCCn1c([C@@H]2CCN(C(=O)c3cccs3)C2)nc2cccnc21. The quantitative estimate of drug-likeness (QED) is 0.705. The fourth-order valence-corrected chi connectivity index (χ4v) is 4.09. The van der Waals surface area contributed by atoms with Crippen LogP contribution in [0.4, 0.5) is 0 Å². The minimum Gasteiger partial charge on any atom is -0.383 e. The van der Waals surface area contributed by atoms with Crippen LogP contribution in [0.2, 0.25) is 0 Å². The van der Waals surface area contributed by atoms with Gasteiger partial charge in [-0.1, -0.05) is 6.07 Å². The molecule has 6 nitrogen and oxygen atoms in total. The second-order valence-electron chi connectivity index (χ2n) is 6.17. The molecular weight excluding hydrogens is 336 g/mol. The first-order valence-electron chi connectivity index (χ1n) is 8.41. The van der Waals surface area contributed by atoms with Crippen LogP contribution in [0.5, 0.6) is 0 Å². The second-order valence-corrected chi connectivity index (χ2v) is 7.12. The van der Waals surface area contributed by atoms with Crippen molar-refractivity contribution in [3.8, 4) is 0 Å². The Morgan fingerprint density at radius 3 is 3.12 bits per heavy atom. The highest BCUT2D eigenvalue weighted by molar-refractivity contribution is 7.12. The summed E-state index contributed by atoms with van der Waals surface area (Å²) in [5.74, 6) is 1.36. The van der Waals surface area contributed by atoms with Gasteiger partial charge in [-0.25, -0.2) is 9.97 Å². The Morgan fingerprint density at radius 1 is 1.40 bits per heavy atom. The van der Waals surface area contributed by atoms with Crippen LogP contribution in [-0.2, 0) is 11.3 Å². The number of methoxy groups -OCH3 is 1. The van der Waals surface area contributed by atoms with Gasteiger partial charge in [-0.3, -0.25) is 4.79 Å². The Morgan fingerprint density at radius 2 is 2.32 bits per heavy atom. The number of hydrogen-bond donors (Lipinski definition) is 0. The number of carbonyl (C=O) groups excluding carboxylic acids is 1. The third kappa shape index (κ3) is 3.05. The van der Waals surface area contributed by atoms with Gasteiger partial charge in [-0.05, 0) is 30.0 Å². The highest BCUT2D eigenvalue weighted by atomic mass is 32.1. The van der Waals surface area contributed by atoms with E-state index in [9.17, 15) is 4.79 Å². The Hall–Kier alpha value is -2.25. The predicted molar refractivity (Wildman–Crippen MR) is 97.0 cm³/mol. The predicted octanol–water partition coefficient (Wildman–Crippen LogP) is 2.77. The number of carbonyl (C=O) groups is 1. The molecule has 1 aliphatic rings. The summed E-state index contributed by atoms with van der Waals surface area (Å²) in [6, 6.07) is 7.69. The number of hydrogen-bond acceptors (Lipinski definition) is 5. The maximum atomic E-state index is 12.6. The smallest absolute Gasteiger partial charge is 0.263 e. The number of pyridine rings is 1. The van der Waals surface area contributed by atoms with Crippen molar-refractivity contribution >= 4 is 28.4 Å². The maximum Gasteiger partial charge on any atom is 0.263 e. The molecule has 0 aromatic carbocycles. The summed E-state index contributed by atoms with van der Waals surface area (Å²) in [5.41, 5.74) is 1.79. The zero-order valence-corrected chi connectivity index (χ0v) is 14.9. The van der Waals surface area contributed by atoms with E-state index in [0.29, 0.717) is 19.7 Å². The van der Waals surface area contributed by atoms with Crippen LogP contribution in [0.15, 0.2) is 35.8 Å². The molecule has 1 atom stereocenters. The number of ether oxygens (including phenoxy) is 1. The Labute approximate surface area is 150 Å². The van der Waals surface area contributed by atoms with E-state index in [1.165, 1.54) is 11.3 Å². The van der Waals surface area contributed by atoms with Crippen LogP contribution in [0.1, 0.15) is 27.8 Å². The molecule has 1 saturated heterocycles. The van der Waals surface area contributed by atoms with Crippen LogP contribution < -0.4 is 0 Å². The van der Waals surface area contributed by atoms with E-state index in [2.05, 4.69) is 9.55 Å². The molecular formula is C18H20N4O2S. The van der Waals surface area contributed by atoms with E-state index in [-0.39, 0.29) is 11.8 Å². The van der Waals surface area contributed by atoms with Crippen LogP contribution in [0.25, 0.3) is 11.2 Å². The van der Waals surface area contributed by atoms with Crippen molar-refractivity contribution in [1.29, 1.82) is 0 Å². The Kier molecular flexibility index (Phi) is 4.50. The first-order valence-corrected chi connectivity index (χ1v) is 9.28. The lowest BCUT2D eigenvalue weighted by molar-refractivity contribution is 0.0795. The third-order valence-corrected chi connectivity index (χ3v) is 5.48. The second kappa shape index (κ2) is 6.93. The molecule has 4 heterocycles. The highest BCUT2D eigenvalue weighted by Gasteiger charge is 2.31. The monoisotopic (exact) mass is 356 g/mol. The number of amides is 1. The van der Waals surface area contributed by atoms with E-state index in [1.54, 1.807) is 13.3 Å². The summed E-state index contributed by atoms with van der Waals surface area (Å²) in [7, 11) is 1.70. The van der Waals surface area contributed by atoms with Crippen LogP contribution >= 0.6 is 11.3 Å². The first kappa shape index (κ1) is 16.2. The van der Waals surface area contributed by atoms with Gasteiger partial charge in [0.2, 0.25) is 0 Å². The summed E-state index contributed by atoms with van der Waals surface area (Å²) in [5, 5.41) is 1.94. The average Bonchev–Trinajstić information content (AvgIpc) is 3.38. The van der Waals surface area contributed by atoms with Crippen LogP contribution in [-0.4, -0.2) is 52.1 Å². The number of thiophene rings is 1. The van der Waals surface area contributed by atoms with Gasteiger partial charge < -0.3 is 14.2 Å². The van der Waals surface area contributed by atoms with E-state index in [1.807, 2.05) is 34.5 Å². The number of fused-ring (bicyclic) bond motifs is 1. The van der Waals surface area contributed by atoms with Crippen molar-refractivity contribution < 1.29 is 9.53 Å². The van der Waals surface area contributed by atoms with Gasteiger partial charge in [0.1, 0.15) is 11.3 Å². The lowest BCUT2D eigenvalue weighted by Gasteiger charge is -2.16. The molecule has 0 saturated carbocycles. The summed E-state index contributed by atoms with van der Waals surface area (Å²) < 4.78 is 7.39. The van der Waals surface area contributed by atoms with E-state index < -0.39 is 0 Å². The zero-order valence-electron chi connectivity index (χ0n) is 14.1. The largest absolute Gasteiger partial charge is 0.383 e. The van der Waals surface area contributed by atoms with Crippen molar-refractivity contribution in [2.45, 2.75) is 18.9 Å². The molecule has 1 amide bonds. The molecule has 3 aromatic rings. The number of likely N-dealkylation sites (tertiary alicyclic amines) is 1. The van der Waals surface area contributed by atoms with Crippen LogP contribution in [0.3, 0.4) is 0 Å². The molecule has 0 N–H and O–H groups in total. The molecule has 0 radical (unpaired) electrons. The molecule has 7 heteroatoms. The van der Waals surface area contributed by atoms with Crippen molar-refractivity contribution in [3.63, 3.8) is 0 Å². The average molecular weight is 356 g/mol. The minimum absolute atomic E-state index is 0.121. The van der Waals surface area contributed by atoms with Gasteiger partial charge in [0.25, 0.3) is 5.91 Å². The lowest BCUT2D eigenvalue weighted by Crippen LogP contribution is -2.28. The lowest BCUT2D eigenvalue weighted by atomic mass is 10.1. The summed E-state index contributed by atoms with van der Waals surface area (Å²) in [6.45, 7) is 2.80. The highest BCUT2D eigenvalue weighted by Crippen LogP contribution is 2.30. The topological polar surface area (TPSA) is 60.2 Å². The molecule has 1 fully saturated rings. The Bertz CT molecular complexity index is 874. The molecule has 25 heavy (non-hydrogen) atoms. The van der Waals surface area contributed by atoms with Gasteiger partial charge in [0.05, 0.1) is 11.5 Å². The summed E-state index contributed by atoms with van der Waals surface area (Å²) in [6.07, 6.45) is 2.71. The summed E-state index contributed by atoms with van der Waals surface area (Å²) >= 11 is 1.49. The molecule has 0 spiro atoms. The van der Waals surface area contributed by atoms with Crippen LogP contribution in [0, 0.1) is 0 Å². The molecule has 1 aliphatic heterocycles. The molecule has 0 unspecified atom stereocenters. The molecule has 130 valence electrons. The molecule has 0 aliphatic carbocycles. The van der Waals surface area contributed by atoms with E-state index >= 15 is 0 Å². The van der Waals surface area contributed by atoms with E-state index in [4.69, 9.17) is 9.72 Å². The normalized spacial score (nSPS) is 17.5. The maximum absolute atomic E-state index is 12.6. The first-order chi connectivity index (χ1) is 12.3. The van der Waals surface area contributed by atoms with Crippen molar-refractivity contribution in [3.05, 3.63) is 46.5 Å². The van der Waals surface area contributed by atoms with Gasteiger partial charge in [-0.2, -0.15) is 0 Å². The molecule has 4 rings (SSSR count). The fourth-order valence-electron chi connectivity index (χ4n) is 3.40. The number of imidazole rings is 1. The number of nitrogens with zero attached hydrogens (tertiary/aromatic N) is 4. The van der Waals surface area contributed by atoms with E-state index in [0.717, 1.165) is 34.8 Å². The molecule has 3 aromatic heterocycles. The van der Waals surface area contributed by atoms with Gasteiger partial charge in [0, 0.05) is 38.9 Å². The van der Waals surface area contributed by atoms with Gasteiger partial charge in [-0.15, -0.1) is 11.3 Å². The standard InChI is InChI=1S/C18H20N4O2S/c1-24-10-9-22-16(20-14-4-2-7-19-17(14)22)13-6-8-21(12-13)18(23)15-5-3-11-25-15/h2-5,7,11,13H,6,8-10,12H2,1H3/t13-/m1/s1. The summed E-state index contributed by atoms with van der Waals surface area (Å²) in [4.78, 5) is 24.6. The van der Waals surface area contributed by atoms with Crippen molar-refractivity contribution in [2.24, 2.45) is 0 Å². The van der Waals surface area contributed by atoms with Crippen molar-refractivity contribution in [2.75, 3.05) is 26.8 Å². The minimum atomic E-state index is 0.121. The zero-order chi connectivity index (χ0) is 17.2. The fraction of sp³-hybridized carbons (Fsp3) is 0.389. The van der Waals surface area contributed by atoms with Gasteiger partial charge >= 0.3 is 0 Å². The third-order valence-electron chi connectivity index (χ3n) is 4.62. The Balaban J connectivity index is 1.60. The van der Waals surface area contributed by atoms with Crippen molar-refractivity contribution in [1.82, 2.24) is 19.4 Å². The number of aromatic nitrogens is 3.